The summed E-state index contributed by atoms with van der Waals surface area (Å²) < 4.78 is 0. The van der Waals surface area contributed by atoms with E-state index in [0.29, 0.717) is 0 Å². The van der Waals surface area contributed by atoms with Crippen molar-refractivity contribution in [3.8, 4) is 0 Å². The molecule has 3 aromatic carbocycles. The highest BCUT2D eigenvalue weighted by atomic mass is 35.6. The van der Waals surface area contributed by atoms with E-state index in [2.05, 4.69) is 175 Å². The number of benzene rings is 3. The van der Waals surface area contributed by atoms with Gasteiger partial charge >= 0.3 is 0 Å². The second-order valence-corrected chi connectivity index (χ2v) is 55.6. The molecule has 0 aliphatic carbocycles. The Morgan fingerprint density at radius 3 is 0.617 bits per heavy atom. The predicted octanol–water partition coefficient (Wildman–Crippen LogP) is 7.09. The average Bonchev–Trinajstić information content (AvgIpc) is 2.82. The molecule has 47 heavy (non-hydrogen) atoms. The first-order chi connectivity index (χ1) is 20.7. The Morgan fingerprint density at radius 1 is 0.298 bits per heavy atom. The molecule has 0 amide bonds. The third-order valence-corrected chi connectivity index (χ3v) is 28.5. The van der Waals surface area contributed by atoms with Gasteiger partial charge in [-0.2, -0.15) is 0 Å². The van der Waals surface area contributed by atoms with Crippen LogP contribution in [0.1, 0.15) is 16.7 Å². The largest absolute Gasteiger partial charge is 0.247 e. The fourth-order valence-electron chi connectivity index (χ4n) is 7.81. The summed E-state index contributed by atoms with van der Waals surface area (Å²) in [5.74, 6) is 0. The van der Waals surface area contributed by atoms with Crippen molar-refractivity contribution < 1.29 is 0 Å². The molecule has 0 aliphatic rings. The first kappa shape index (κ1) is 40.9. The van der Waals surface area contributed by atoms with E-state index in [-0.39, 0.29) is 0 Å². The Balaban J connectivity index is 2.98. The molecule has 0 N–H and O–H groups in total. The van der Waals surface area contributed by atoms with E-state index in [0.717, 1.165) is 0 Å². The standard InChI is InChI=1S/C39H69ClSi7/c1-28-22-31(41(4,5)6)37(44(13,14)15)34(25-28)47(40,35-26-29(2)23-32(42(7,8)9)38(35)45(16,17)18)36-27-30(3)24-33(43(10,11)12)39(36)46(19,20)21/h22-27H,1-21H3. The Kier molecular flexibility index (Phi) is 11.2. The smallest absolute Gasteiger partial charge is 0.149 e. The van der Waals surface area contributed by atoms with Gasteiger partial charge in [-0.25, -0.2) is 0 Å². The van der Waals surface area contributed by atoms with Crippen LogP contribution in [0.4, 0.5) is 0 Å². The minimum absolute atomic E-state index is 1.39. The van der Waals surface area contributed by atoms with Crippen molar-refractivity contribution in [2.45, 2.75) is 139 Å². The molecular weight excluding hydrogens is 700 g/mol. The molecule has 0 fully saturated rings. The van der Waals surface area contributed by atoms with E-state index in [4.69, 9.17) is 0 Å². The number of halogens is 1. The summed E-state index contributed by atoms with van der Waals surface area (Å²) in [5, 5.41) is 14.6. The molecule has 3 aromatic rings. The maximum absolute atomic E-state index is 9.18. The fourth-order valence-corrected chi connectivity index (χ4v) is 35.6. The van der Waals surface area contributed by atoms with Gasteiger partial charge in [-0.15, -0.1) is 11.1 Å². The Hall–Kier alpha value is -0.532. The van der Waals surface area contributed by atoms with E-state index >= 15 is 0 Å². The lowest BCUT2D eigenvalue weighted by molar-refractivity contribution is 1.49. The van der Waals surface area contributed by atoms with Crippen LogP contribution in [0.15, 0.2) is 36.4 Å². The van der Waals surface area contributed by atoms with Crippen LogP contribution in [0.2, 0.25) is 118 Å². The van der Waals surface area contributed by atoms with Crippen molar-refractivity contribution in [2.75, 3.05) is 0 Å². The SMILES string of the molecule is Cc1cc([Si](C)(C)C)c([Si](C)(C)C)c([Si](Cl)(c2cc(C)cc([Si](C)(C)C)c2[Si](C)(C)C)c2cc(C)cc([Si](C)(C)C)c2[Si](C)(C)C)c1. The van der Waals surface area contributed by atoms with E-state index in [1.165, 1.54) is 32.3 Å². The van der Waals surface area contributed by atoms with Crippen molar-refractivity contribution in [3.05, 3.63) is 53.1 Å². The zero-order valence-corrected chi connectivity index (χ0v) is 42.1. The zero-order chi connectivity index (χ0) is 36.7. The van der Waals surface area contributed by atoms with Gasteiger partial charge in [-0.3, -0.25) is 0 Å². The minimum Gasteiger partial charge on any atom is -0.149 e. The quantitative estimate of drug-likeness (QED) is 0.124. The highest BCUT2D eigenvalue weighted by Gasteiger charge is 2.50. The number of hydrogen-bond acceptors (Lipinski definition) is 0. The number of rotatable bonds is 9. The number of aryl methyl sites for hydroxylation is 3. The van der Waals surface area contributed by atoms with Crippen molar-refractivity contribution >= 4 is 114 Å². The second kappa shape index (κ2) is 12.9. The van der Waals surface area contributed by atoms with Crippen LogP contribution >= 0.6 is 11.1 Å². The van der Waals surface area contributed by atoms with Gasteiger partial charge < -0.3 is 0 Å². The summed E-state index contributed by atoms with van der Waals surface area (Å²) in [6.45, 7) is 53.3. The Morgan fingerprint density at radius 2 is 0.468 bits per heavy atom. The zero-order valence-electron chi connectivity index (χ0n) is 34.3. The van der Waals surface area contributed by atoms with Gasteiger partial charge in [0.2, 0.25) is 7.38 Å². The van der Waals surface area contributed by atoms with E-state index in [1.807, 2.05) is 0 Å². The first-order valence-corrected chi connectivity index (χ1v) is 41.9. The molecule has 0 saturated heterocycles. The van der Waals surface area contributed by atoms with Gasteiger partial charge in [-0.1, -0.05) is 202 Å². The van der Waals surface area contributed by atoms with E-state index in [1.54, 1.807) is 31.1 Å². The monoisotopic (exact) mass is 768 g/mol. The van der Waals surface area contributed by atoms with E-state index < -0.39 is 55.8 Å². The van der Waals surface area contributed by atoms with Gasteiger partial charge in [0.1, 0.15) is 0 Å². The maximum Gasteiger partial charge on any atom is 0.247 e. The second-order valence-electron chi connectivity index (χ2n) is 20.9. The Bertz CT molecular complexity index is 1470. The lowest BCUT2D eigenvalue weighted by Gasteiger charge is -2.43. The third kappa shape index (κ3) is 8.34. The first-order valence-electron chi connectivity index (χ1n) is 17.9. The maximum atomic E-state index is 9.18. The van der Waals surface area contributed by atoms with Crippen LogP contribution in [-0.4, -0.2) is 55.8 Å². The molecular formula is C39H69ClSi7. The molecule has 0 saturated carbocycles. The minimum atomic E-state index is -3.12. The third-order valence-electron chi connectivity index (χ3n) is 9.64. The molecule has 0 nitrogen and oxygen atoms in total. The summed E-state index contributed by atoms with van der Waals surface area (Å²) in [7, 11) is -13.8. The summed E-state index contributed by atoms with van der Waals surface area (Å²) in [4.78, 5) is 0. The van der Waals surface area contributed by atoms with Gasteiger partial charge in [-0.05, 0) is 36.3 Å². The normalized spacial score (nSPS) is 14.2. The molecule has 0 atom stereocenters. The molecule has 0 aromatic heterocycles. The van der Waals surface area contributed by atoms with Crippen molar-refractivity contribution in [2.24, 2.45) is 0 Å². The molecule has 0 unspecified atom stereocenters. The molecule has 0 bridgehead atoms. The Labute approximate surface area is 303 Å². The van der Waals surface area contributed by atoms with Crippen LogP contribution in [-0.2, 0) is 0 Å². The summed E-state index contributed by atoms with van der Waals surface area (Å²) >= 11 is 9.18. The molecule has 0 radical (unpaired) electrons. The van der Waals surface area contributed by atoms with Gasteiger partial charge in [0.05, 0.1) is 48.4 Å². The predicted molar refractivity (Wildman–Crippen MR) is 242 cm³/mol. The van der Waals surface area contributed by atoms with Crippen molar-refractivity contribution in [1.29, 1.82) is 0 Å². The van der Waals surface area contributed by atoms with Gasteiger partial charge in [0, 0.05) is 0 Å². The highest BCUT2D eigenvalue weighted by molar-refractivity contribution is 7.43. The molecule has 0 heterocycles. The van der Waals surface area contributed by atoms with Crippen molar-refractivity contribution in [3.63, 3.8) is 0 Å². The van der Waals surface area contributed by atoms with Gasteiger partial charge in [0.15, 0.2) is 0 Å². The molecule has 0 spiro atoms. The van der Waals surface area contributed by atoms with Crippen LogP contribution in [0.25, 0.3) is 0 Å². The average molecular weight is 770 g/mol. The number of hydrogen-bond donors (Lipinski definition) is 0. The molecule has 260 valence electrons. The topological polar surface area (TPSA) is 0 Å². The van der Waals surface area contributed by atoms with Crippen molar-refractivity contribution in [1.82, 2.24) is 0 Å². The van der Waals surface area contributed by atoms with Gasteiger partial charge in [0.25, 0.3) is 0 Å². The molecule has 3 rings (SSSR count). The summed E-state index contributed by atoms with van der Waals surface area (Å²) in [5.41, 5.74) is 4.16. The lowest BCUT2D eigenvalue weighted by atomic mass is 10.2. The highest BCUT2D eigenvalue weighted by Crippen LogP contribution is 2.21. The van der Waals surface area contributed by atoms with Crippen LogP contribution in [0.3, 0.4) is 0 Å². The van der Waals surface area contributed by atoms with Crippen LogP contribution < -0.4 is 46.7 Å². The fraction of sp³-hybridized carbons (Fsp3) is 0.538. The summed E-state index contributed by atoms with van der Waals surface area (Å²) in [6, 6.07) is 15.5. The van der Waals surface area contributed by atoms with E-state index in [9.17, 15) is 11.1 Å². The summed E-state index contributed by atoms with van der Waals surface area (Å²) in [6.07, 6.45) is 0. The van der Waals surface area contributed by atoms with Crippen LogP contribution in [0.5, 0.6) is 0 Å². The molecule has 8 heteroatoms. The lowest BCUT2D eigenvalue weighted by Crippen LogP contribution is -2.82. The molecule has 0 aliphatic heterocycles. The van der Waals surface area contributed by atoms with Crippen LogP contribution in [0, 0.1) is 20.8 Å².